The molecule has 2 rings (SSSR count). The van der Waals surface area contributed by atoms with E-state index in [1.807, 2.05) is 30.3 Å². The van der Waals surface area contributed by atoms with Gasteiger partial charge in [0.25, 0.3) is 5.91 Å². The summed E-state index contributed by atoms with van der Waals surface area (Å²) in [4.78, 5) is 23.8. The van der Waals surface area contributed by atoms with Crippen molar-refractivity contribution in [3.8, 4) is 0 Å². The molecule has 1 atom stereocenters. The monoisotopic (exact) mass is 332 g/mol. The minimum Gasteiger partial charge on any atom is -0.394 e. The average molecular weight is 333 g/mol. The molecule has 0 bridgehead atoms. The lowest BCUT2D eigenvalue weighted by Crippen LogP contribution is -2.39. The number of amides is 2. The highest BCUT2D eigenvalue weighted by Gasteiger charge is 2.14. The van der Waals surface area contributed by atoms with Crippen molar-refractivity contribution in [2.24, 2.45) is 0 Å². The number of hydrogen-bond donors (Lipinski definition) is 3. The third-order valence-corrected chi connectivity index (χ3v) is 3.49. The fraction of sp³-hybridized carbons (Fsp3) is 0.176. The van der Waals surface area contributed by atoms with Crippen LogP contribution in [0.3, 0.4) is 0 Å². The molecule has 3 N–H and O–H groups in total. The molecule has 0 saturated carbocycles. The van der Waals surface area contributed by atoms with Gasteiger partial charge in [-0.25, -0.2) is 0 Å². The number of benzene rings is 2. The first-order valence-electron chi connectivity index (χ1n) is 7.09. The van der Waals surface area contributed by atoms with E-state index in [1.165, 1.54) is 0 Å². The molecule has 2 aromatic rings. The van der Waals surface area contributed by atoms with Crippen LogP contribution in [-0.2, 0) is 4.79 Å². The van der Waals surface area contributed by atoms with Gasteiger partial charge in [0.1, 0.15) is 0 Å². The van der Waals surface area contributed by atoms with E-state index >= 15 is 0 Å². The number of rotatable bonds is 6. The zero-order chi connectivity index (χ0) is 16.7. The molecule has 2 aromatic carbocycles. The van der Waals surface area contributed by atoms with E-state index in [0.717, 1.165) is 5.56 Å². The van der Waals surface area contributed by atoms with Gasteiger partial charge in [-0.1, -0.05) is 41.9 Å². The Hall–Kier alpha value is -2.37. The molecule has 120 valence electrons. The Morgan fingerprint density at radius 1 is 1.04 bits per heavy atom. The number of aliphatic hydroxyl groups excluding tert-OH is 1. The van der Waals surface area contributed by atoms with E-state index in [0.29, 0.717) is 10.6 Å². The van der Waals surface area contributed by atoms with E-state index in [-0.39, 0.29) is 25.0 Å². The Balaban J connectivity index is 1.87. The molecule has 6 heteroatoms. The molecule has 0 heterocycles. The highest BCUT2D eigenvalue weighted by molar-refractivity contribution is 6.30. The van der Waals surface area contributed by atoms with Gasteiger partial charge in [0.15, 0.2) is 0 Å². The van der Waals surface area contributed by atoms with Crippen molar-refractivity contribution >= 4 is 23.4 Å². The van der Waals surface area contributed by atoms with Crippen molar-refractivity contribution in [2.45, 2.75) is 6.04 Å². The fourth-order valence-electron chi connectivity index (χ4n) is 2.03. The Morgan fingerprint density at radius 3 is 2.30 bits per heavy atom. The molecule has 2 amide bonds. The first kappa shape index (κ1) is 17.0. The van der Waals surface area contributed by atoms with Crippen LogP contribution in [0.2, 0.25) is 5.02 Å². The summed E-state index contributed by atoms with van der Waals surface area (Å²) in [7, 11) is 0. The number of aliphatic hydroxyl groups is 1. The van der Waals surface area contributed by atoms with E-state index in [4.69, 9.17) is 11.6 Å². The van der Waals surface area contributed by atoms with Gasteiger partial charge < -0.3 is 15.7 Å². The van der Waals surface area contributed by atoms with Crippen LogP contribution in [-0.4, -0.2) is 30.1 Å². The number of hydrogen-bond acceptors (Lipinski definition) is 3. The molecule has 5 nitrogen and oxygen atoms in total. The number of nitrogens with one attached hydrogen (secondary N) is 2. The zero-order valence-electron chi connectivity index (χ0n) is 12.3. The molecular weight excluding hydrogens is 316 g/mol. The molecule has 0 fully saturated rings. The molecule has 0 aliphatic carbocycles. The quantitative estimate of drug-likeness (QED) is 0.756. The molecule has 0 aliphatic rings. The number of carbonyl (C=O) groups excluding carboxylic acids is 2. The Labute approximate surface area is 139 Å². The Bertz CT molecular complexity index is 659. The summed E-state index contributed by atoms with van der Waals surface area (Å²) in [5.41, 5.74) is 1.22. The lowest BCUT2D eigenvalue weighted by Gasteiger charge is -2.17. The molecule has 0 unspecified atom stereocenters. The third-order valence-electron chi connectivity index (χ3n) is 3.24. The molecule has 0 saturated heterocycles. The first-order chi connectivity index (χ1) is 11.1. The van der Waals surface area contributed by atoms with Gasteiger partial charge in [0.2, 0.25) is 5.91 Å². The number of halogens is 1. The molecular formula is C17H17ClN2O3. The summed E-state index contributed by atoms with van der Waals surface area (Å²) < 4.78 is 0. The SMILES string of the molecule is O=C(CNC(=O)c1ccc(Cl)cc1)N[C@H](CO)c1ccccc1. The van der Waals surface area contributed by atoms with Crippen LogP contribution in [0.15, 0.2) is 54.6 Å². The van der Waals surface area contributed by atoms with Gasteiger partial charge in [0.05, 0.1) is 19.2 Å². The summed E-state index contributed by atoms with van der Waals surface area (Å²) in [6.07, 6.45) is 0. The van der Waals surface area contributed by atoms with E-state index in [1.54, 1.807) is 24.3 Å². The zero-order valence-corrected chi connectivity index (χ0v) is 13.1. The van der Waals surface area contributed by atoms with E-state index in [2.05, 4.69) is 10.6 Å². The molecule has 0 radical (unpaired) electrons. The van der Waals surface area contributed by atoms with Crippen LogP contribution in [0.25, 0.3) is 0 Å². The van der Waals surface area contributed by atoms with E-state index in [9.17, 15) is 14.7 Å². The largest absolute Gasteiger partial charge is 0.394 e. The van der Waals surface area contributed by atoms with Crippen LogP contribution in [0, 0.1) is 0 Å². The minimum atomic E-state index is -0.504. The maximum atomic E-state index is 11.9. The summed E-state index contributed by atoms with van der Waals surface area (Å²) in [5, 5.41) is 15.1. The highest BCUT2D eigenvalue weighted by Crippen LogP contribution is 2.11. The Morgan fingerprint density at radius 2 is 1.70 bits per heavy atom. The highest BCUT2D eigenvalue weighted by atomic mass is 35.5. The van der Waals surface area contributed by atoms with Gasteiger partial charge >= 0.3 is 0 Å². The molecule has 0 aromatic heterocycles. The van der Waals surface area contributed by atoms with Crippen molar-refractivity contribution in [3.05, 3.63) is 70.7 Å². The van der Waals surface area contributed by atoms with Crippen LogP contribution in [0.1, 0.15) is 22.0 Å². The summed E-state index contributed by atoms with van der Waals surface area (Å²) >= 11 is 5.76. The van der Waals surface area contributed by atoms with Crippen molar-refractivity contribution in [1.82, 2.24) is 10.6 Å². The lowest BCUT2D eigenvalue weighted by molar-refractivity contribution is -0.121. The van der Waals surface area contributed by atoms with Crippen molar-refractivity contribution in [1.29, 1.82) is 0 Å². The van der Waals surface area contributed by atoms with Crippen LogP contribution in [0.4, 0.5) is 0 Å². The molecule has 0 aliphatic heterocycles. The standard InChI is InChI=1S/C17H17ClN2O3/c18-14-8-6-13(7-9-14)17(23)19-10-16(22)20-15(11-21)12-4-2-1-3-5-12/h1-9,15,21H,10-11H2,(H,19,23)(H,20,22)/t15-/m1/s1. The van der Waals surface area contributed by atoms with Crippen molar-refractivity contribution in [2.75, 3.05) is 13.2 Å². The predicted molar refractivity (Wildman–Crippen MR) is 88.2 cm³/mol. The van der Waals surface area contributed by atoms with Gasteiger partial charge in [0, 0.05) is 10.6 Å². The molecule has 23 heavy (non-hydrogen) atoms. The third kappa shape index (κ3) is 5.09. The van der Waals surface area contributed by atoms with E-state index < -0.39 is 6.04 Å². The fourth-order valence-corrected chi connectivity index (χ4v) is 2.15. The lowest BCUT2D eigenvalue weighted by atomic mass is 10.1. The normalized spacial score (nSPS) is 11.6. The second-order valence-corrected chi connectivity index (χ2v) is 5.34. The van der Waals surface area contributed by atoms with Gasteiger partial charge in [-0.3, -0.25) is 9.59 Å². The van der Waals surface area contributed by atoms with Gasteiger partial charge in [-0.05, 0) is 29.8 Å². The van der Waals surface area contributed by atoms with Gasteiger partial charge in [-0.15, -0.1) is 0 Å². The minimum absolute atomic E-state index is 0.176. The summed E-state index contributed by atoms with van der Waals surface area (Å²) in [5.74, 6) is -0.743. The van der Waals surface area contributed by atoms with Crippen molar-refractivity contribution < 1.29 is 14.7 Å². The van der Waals surface area contributed by atoms with Crippen LogP contribution in [0.5, 0.6) is 0 Å². The van der Waals surface area contributed by atoms with Crippen molar-refractivity contribution in [3.63, 3.8) is 0 Å². The van der Waals surface area contributed by atoms with Crippen LogP contribution < -0.4 is 10.6 Å². The predicted octanol–water partition coefficient (Wildman–Crippen LogP) is 1.92. The molecule has 0 spiro atoms. The second kappa shape index (κ2) is 8.31. The summed E-state index contributed by atoms with van der Waals surface area (Å²) in [6, 6.07) is 15.0. The topological polar surface area (TPSA) is 78.4 Å². The Kier molecular flexibility index (Phi) is 6.14. The van der Waals surface area contributed by atoms with Gasteiger partial charge in [-0.2, -0.15) is 0 Å². The van der Waals surface area contributed by atoms with Crippen LogP contribution >= 0.6 is 11.6 Å². The first-order valence-corrected chi connectivity index (χ1v) is 7.47. The second-order valence-electron chi connectivity index (χ2n) is 4.90. The number of carbonyl (C=O) groups is 2. The summed E-state index contributed by atoms with van der Waals surface area (Å²) in [6.45, 7) is -0.397. The maximum absolute atomic E-state index is 11.9. The smallest absolute Gasteiger partial charge is 0.251 e. The average Bonchev–Trinajstić information content (AvgIpc) is 2.59. The maximum Gasteiger partial charge on any atom is 0.251 e.